The summed E-state index contributed by atoms with van der Waals surface area (Å²) >= 11 is 0. The van der Waals surface area contributed by atoms with Crippen molar-refractivity contribution in [1.82, 2.24) is 4.57 Å². The second kappa shape index (κ2) is 13.5. The highest BCUT2D eigenvalue weighted by atomic mass is 15.1. The zero-order valence-corrected chi connectivity index (χ0v) is 35.5. The van der Waals surface area contributed by atoms with Crippen molar-refractivity contribution in [2.24, 2.45) is 0 Å². The molecule has 296 valence electrons. The average molecular weight is 795 g/mol. The van der Waals surface area contributed by atoms with E-state index >= 15 is 0 Å². The predicted octanol–water partition coefficient (Wildman–Crippen LogP) is 16.2. The number of aromatic nitrogens is 1. The fourth-order valence-electron chi connectivity index (χ4n) is 10.8. The van der Waals surface area contributed by atoms with Gasteiger partial charge in [-0.05, 0) is 133 Å². The molecule has 1 heterocycles. The van der Waals surface area contributed by atoms with Gasteiger partial charge in [0.2, 0.25) is 0 Å². The molecule has 0 unspecified atom stereocenters. The van der Waals surface area contributed by atoms with Crippen LogP contribution in [-0.4, -0.2) is 4.57 Å². The summed E-state index contributed by atoms with van der Waals surface area (Å²) in [6, 6.07) is 76.5. The van der Waals surface area contributed by atoms with Gasteiger partial charge in [0, 0.05) is 44.4 Å². The van der Waals surface area contributed by atoms with Crippen LogP contribution in [0, 0.1) is 0 Å². The largest absolute Gasteiger partial charge is 0.310 e. The van der Waals surface area contributed by atoms with Gasteiger partial charge in [0.25, 0.3) is 0 Å². The summed E-state index contributed by atoms with van der Waals surface area (Å²) in [5.74, 6) is 0. The van der Waals surface area contributed by atoms with Gasteiger partial charge in [0.15, 0.2) is 0 Å². The normalized spacial score (nSPS) is 14.1. The van der Waals surface area contributed by atoms with E-state index in [9.17, 15) is 0 Å². The van der Waals surface area contributed by atoms with Crippen molar-refractivity contribution >= 4 is 38.9 Å². The van der Waals surface area contributed by atoms with E-state index in [1.165, 1.54) is 94.3 Å². The van der Waals surface area contributed by atoms with Crippen molar-refractivity contribution in [3.8, 4) is 50.2 Å². The Morgan fingerprint density at radius 1 is 0.323 bits per heavy atom. The molecule has 62 heavy (non-hydrogen) atoms. The molecule has 2 heteroatoms. The Morgan fingerprint density at radius 2 is 0.839 bits per heavy atom. The monoisotopic (exact) mass is 794 g/mol. The fourth-order valence-corrected chi connectivity index (χ4v) is 10.8. The molecule has 1 aromatic heterocycles. The van der Waals surface area contributed by atoms with Crippen LogP contribution in [0.2, 0.25) is 0 Å². The molecule has 10 aromatic rings. The zero-order valence-electron chi connectivity index (χ0n) is 35.5. The molecule has 0 saturated carbocycles. The Hall–Kier alpha value is -7.42. The van der Waals surface area contributed by atoms with Crippen molar-refractivity contribution in [2.45, 2.75) is 38.5 Å². The van der Waals surface area contributed by atoms with E-state index in [1.54, 1.807) is 0 Å². The predicted molar refractivity (Wildman–Crippen MR) is 261 cm³/mol. The first kappa shape index (κ1) is 36.4. The van der Waals surface area contributed by atoms with Crippen LogP contribution in [0.3, 0.4) is 0 Å². The van der Waals surface area contributed by atoms with Crippen molar-refractivity contribution in [3.05, 3.63) is 229 Å². The topological polar surface area (TPSA) is 8.17 Å². The van der Waals surface area contributed by atoms with Gasteiger partial charge in [-0.3, -0.25) is 0 Å². The number of rotatable bonds is 6. The molecule has 0 radical (unpaired) electrons. The summed E-state index contributed by atoms with van der Waals surface area (Å²) in [6.45, 7) is 9.55. The Labute approximate surface area is 364 Å². The maximum Gasteiger partial charge on any atom is 0.0544 e. The summed E-state index contributed by atoms with van der Waals surface area (Å²) in [7, 11) is 0. The van der Waals surface area contributed by atoms with Gasteiger partial charge < -0.3 is 9.47 Å². The highest BCUT2D eigenvalue weighted by molar-refractivity contribution is 6.12. The van der Waals surface area contributed by atoms with Gasteiger partial charge >= 0.3 is 0 Å². The van der Waals surface area contributed by atoms with Gasteiger partial charge in [-0.15, -0.1) is 0 Å². The highest BCUT2D eigenvalue weighted by Crippen LogP contribution is 2.54. The van der Waals surface area contributed by atoms with Crippen LogP contribution < -0.4 is 4.90 Å². The number of nitrogens with zero attached hydrogens (tertiary/aromatic N) is 2. The number of hydrogen-bond donors (Lipinski definition) is 0. The van der Waals surface area contributed by atoms with E-state index in [2.05, 4.69) is 243 Å². The third-order valence-corrected chi connectivity index (χ3v) is 14.0. The maximum absolute atomic E-state index is 2.49. The first-order valence-electron chi connectivity index (χ1n) is 21.8. The van der Waals surface area contributed by atoms with Gasteiger partial charge in [0.05, 0.1) is 11.0 Å². The maximum atomic E-state index is 2.49. The first-order chi connectivity index (χ1) is 30.3. The van der Waals surface area contributed by atoms with Gasteiger partial charge in [0.1, 0.15) is 0 Å². The molecule has 12 rings (SSSR count). The first-order valence-corrected chi connectivity index (χ1v) is 21.8. The lowest BCUT2D eigenvalue weighted by Gasteiger charge is -2.30. The molecule has 0 fully saturated rings. The summed E-state index contributed by atoms with van der Waals surface area (Å²) in [6.07, 6.45) is 0. The average Bonchev–Trinajstić information content (AvgIpc) is 3.85. The molecule has 0 aliphatic heterocycles. The number of fused-ring (bicyclic) bond motifs is 9. The molecule has 2 aliphatic carbocycles. The van der Waals surface area contributed by atoms with Crippen LogP contribution in [-0.2, 0) is 10.8 Å². The van der Waals surface area contributed by atoms with Crippen LogP contribution in [0.1, 0.15) is 49.9 Å². The van der Waals surface area contributed by atoms with Crippen LogP contribution in [0.5, 0.6) is 0 Å². The lowest BCUT2D eigenvalue weighted by atomic mass is 9.82. The summed E-state index contributed by atoms with van der Waals surface area (Å²) in [5.41, 5.74) is 22.3. The molecule has 0 saturated heterocycles. The molecular weight excluding hydrogens is 749 g/mol. The number of benzene rings is 9. The van der Waals surface area contributed by atoms with Crippen molar-refractivity contribution < 1.29 is 0 Å². The third kappa shape index (κ3) is 5.43. The third-order valence-electron chi connectivity index (χ3n) is 14.0. The minimum atomic E-state index is -0.249. The molecule has 0 amide bonds. The van der Waals surface area contributed by atoms with Crippen molar-refractivity contribution in [2.75, 3.05) is 4.90 Å². The molecule has 9 aromatic carbocycles. The summed E-state index contributed by atoms with van der Waals surface area (Å²) < 4.78 is 2.47. The van der Waals surface area contributed by atoms with Crippen molar-refractivity contribution in [1.29, 1.82) is 0 Å². The molecule has 2 nitrogen and oxygen atoms in total. The Kier molecular flexibility index (Phi) is 7.96. The van der Waals surface area contributed by atoms with E-state index < -0.39 is 0 Å². The molecule has 2 aliphatic rings. The molecule has 0 spiro atoms. The SMILES string of the molecule is CC1(C)c2ccccc2-c2ccc(N(c3cccc(-c4ccccc4)c3)c3ccc4c(c3)C(C)(C)c3cc5c(cc3-4)c3ccccc3n5-c3cccc(-c4ccccc4)c3)cc21. The molecule has 0 N–H and O–H groups in total. The molecular formula is C60H46N2. The minimum Gasteiger partial charge on any atom is -0.310 e. The summed E-state index contributed by atoms with van der Waals surface area (Å²) in [4.78, 5) is 2.48. The van der Waals surface area contributed by atoms with E-state index in [0.717, 1.165) is 17.1 Å². The zero-order chi connectivity index (χ0) is 41.7. The second-order valence-electron chi connectivity index (χ2n) is 18.2. The Bertz CT molecular complexity index is 3400. The van der Waals surface area contributed by atoms with E-state index in [1.807, 2.05) is 0 Å². The van der Waals surface area contributed by atoms with Gasteiger partial charge in [-0.25, -0.2) is 0 Å². The standard InChI is InChI=1S/C60H46N2/c1-59(2)53-27-13-11-25-47(53)48-31-29-45(35-54(48)59)61(43-23-15-21-41(33-43)39-17-7-5-8-18-39)46-30-32-49-51-37-52-50-26-12-14-28-57(50)62(58(52)38-56(51)60(3,4)55(49)36-46)44-24-16-22-42(34-44)40-19-9-6-10-20-40/h5-38H,1-4H3. The van der Waals surface area contributed by atoms with Crippen LogP contribution in [0.25, 0.3) is 72.0 Å². The van der Waals surface area contributed by atoms with Crippen LogP contribution in [0.15, 0.2) is 206 Å². The number of hydrogen-bond acceptors (Lipinski definition) is 1. The Morgan fingerprint density at radius 3 is 1.55 bits per heavy atom. The number of anilines is 3. The number of para-hydroxylation sites is 1. The minimum absolute atomic E-state index is 0.114. The second-order valence-corrected chi connectivity index (χ2v) is 18.2. The summed E-state index contributed by atoms with van der Waals surface area (Å²) in [5, 5.41) is 2.54. The van der Waals surface area contributed by atoms with Crippen LogP contribution >= 0.6 is 0 Å². The lowest BCUT2D eigenvalue weighted by molar-refractivity contribution is 0.660. The Balaban J connectivity index is 1.03. The smallest absolute Gasteiger partial charge is 0.0544 e. The molecule has 0 bridgehead atoms. The van der Waals surface area contributed by atoms with Gasteiger partial charge in [-0.1, -0.05) is 167 Å². The van der Waals surface area contributed by atoms with Crippen molar-refractivity contribution in [3.63, 3.8) is 0 Å². The van der Waals surface area contributed by atoms with Crippen LogP contribution in [0.4, 0.5) is 17.1 Å². The fraction of sp³-hybridized carbons (Fsp3) is 0.100. The van der Waals surface area contributed by atoms with Gasteiger partial charge in [-0.2, -0.15) is 0 Å². The highest BCUT2D eigenvalue weighted by Gasteiger charge is 2.38. The molecule has 0 atom stereocenters. The quantitative estimate of drug-likeness (QED) is 0.163. The van der Waals surface area contributed by atoms with E-state index in [0.29, 0.717) is 0 Å². The van der Waals surface area contributed by atoms with E-state index in [4.69, 9.17) is 0 Å². The lowest BCUT2D eigenvalue weighted by Crippen LogP contribution is -2.18. The van der Waals surface area contributed by atoms with E-state index in [-0.39, 0.29) is 10.8 Å².